The number of alkyl halides is 3. The summed E-state index contributed by atoms with van der Waals surface area (Å²) in [6.07, 6.45) is 0.487. The molecule has 160 valence electrons. The van der Waals surface area contributed by atoms with Gasteiger partial charge in [0.1, 0.15) is 0 Å². The van der Waals surface area contributed by atoms with Crippen LogP contribution in [0.3, 0.4) is 0 Å². The maximum absolute atomic E-state index is 12.6. The number of ether oxygens (including phenoxy) is 1. The summed E-state index contributed by atoms with van der Waals surface area (Å²) in [6, 6.07) is 5.15. The molecule has 0 aromatic carbocycles. The van der Waals surface area contributed by atoms with Gasteiger partial charge >= 0.3 is 15.5 Å². The molecular weight excluding hydrogens is 514 g/mol. The SMILES string of the molecule is CN=C(NCc1cccc(OC)n1)NC1CCN(S(=O)(=O)C(F)(F)F)CC1.I. The first-order valence-corrected chi connectivity index (χ1v) is 9.65. The highest BCUT2D eigenvalue weighted by molar-refractivity contribution is 14.0. The largest absolute Gasteiger partial charge is 0.511 e. The fraction of sp³-hybridized carbons (Fsp3) is 0.600. The summed E-state index contributed by atoms with van der Waals surface area (Å²) in [5.74, 6) is 0.937. The van der Waals surface area contributed by atoms with Gasteiger partial charge in [0.05, 0.1) is 19.3 Å². The van der Waals surface area contributed by atoms with Crippen LogP contribution in [0, 0.1) is 0 Å². The van der Waals surface area contributed by atoms with E-state index in [0.717, 1.165) is 5.69 Å². The van der Waals surface area contributed by atoms with Crippen molar-refractivity contribution in [2.75, 3.05) is 27.2 Å². The van der Waals surface area contributed by atoms with Gasteiger partial charge in [-0.05, 0) is 18.9 Å². The smallest absolute Gasteiger partial charge is 0.481 e. The number of piperidine rings is 1. The fourth-order valence-corrected chi connectivity index (χ4v) is 3.60. The number of aromatic nitrogens is 1. The Bertz CT molecular complexity index is 768. The molecule has 2 N–H and O–H groups in total. The first-order chi connectivity index (χ1) is 12.7. The number of methoxy groups -OCH3 is 1. The molecule has 1 saturated heterocycles. The van der Waals surface area contributed by atoms with Crippen molar-refractivity contribution in [3.8, 4) is 5.88 Å². The predicted octanol–water partition coefficient (Wildman–Crippen LogP) is 1.69. The highest BCUT2D eigenvalue weighted by Crippen LogP contribution is 2.28. The van der Waals surface area contributed by atoms with Crippen molar-refractivity contribution in [3.63, 3.8) is 0 Å². The molecule has 1 aromatic heterocycles. The summed E-state index contributed by atoms with van der Waals surface area (Å²) in [7, 11) is -2.18. The van der Waals surface area contributed by atoms with Crippen molar-refractivity contribution in [1.82, 2.24) is 19.9 Å². The Labute approximate surface area is 179 Å². The van der Waals surface area contributed by atoms with E-state index in [4.69, 9.17) is 4.74 Å². The lowest BCUT2D eigenvalue weighted by atomic mass is 10.1. The van der Waals surface area contributed by atoms with E-state index in [1.54, 1.807) is 19.2 Å². The lowest BCUT2D eigenvalue weighted by molar-refractivity contribution is -0.0494. The molecular formula is C15H23F3IN5O3S. The second kappa shape index (κ2) is 10.4. The minimum absolute atomic E-state index is 0. The van der Waals surface area contributed by atoms with Gasteiger partial charge in [-0.3, -0.25) is 4.99 Å². The summed E-state index contributed by atoms with van der Waals surface area (Å²) >= 11 is 0. The van der Waals surface area contributed by atoms with Gasteiger partial charge in [0.2, 0.25) is 5.88 Å². The number of guanidine groups is 1. The molecule has 2 rings (SSSR count). The normalized spacial score (nSPS) is 17.0. The summed E-state index contributed by atoms with van der Waals surface area (Å²) in [5, 5.41) is 6.15. The number of hydrogen-bond donors (Lipinski definition) is 2. The zero-order valence-electron chi connectivity index (χ0n) is 15.4. The maximum atomic E-state index is 12.6. The van der Waals surface area contributed by atoms with Crippen LogP contribution in [-0.2, 0) is 16.6 Å². The van der Waals surface area contributed by atoms with E-state index in [1.807, 2.05) is 6.07 Å². The van der Waals surface area contributed by atoms with E-state index in [1.165, 1.54) is 7.11 Å². The van der Waals surface area contributed by atoms with E-state index in [9.17, 15) is 21.6 Å². The average Bonchev–Trinajstić information content (AvgIpc) is 2.64. The van der Waals surface area contributed by atoms with Crippen molar-refractivity contribution in [1.29, 1.82) is 0 Å². The Balaban J connectivity index is 0.00000392. The first kappa shape index (κ1) is 24.7. The molecule has 0 atom stereocenters. The number of aliphatic imine (C=N–C) groups is 1. The van der Waals surface area contributed by atoms with Crippen LogP contribution in [0.1, 0.15) is 18.5 Å². The Morgan fingerprint density at radius 3 is 2.54 bits per heavy atom. The molecule has 0 radical (unpaired) electrons. The molecule has 2 heterocycles. The molecule has 0 aliphatic carbocycles. The second-order valence-corrected chi connectivity index (χ2v) is 7.79. The molecule has 0 amide bonds. The van der Waals surface area contributed by atoms with Gasteiger partial charge in [0, 0.05) is 32.2 Å². The first-order valence-electron chi connectivity index (χ1n) is 8.21. The summed E-state index contributed by atoms with van der Waals surface area (Å²) < 4.78 is 66.2. The third-order valence-corrected chi connectivity index (χ3v) is 5.71. The molecule has 8 nitrogen and oxygen atoms in total. The van der Waals surface area contributed by atoms with Crippen LogP contribution in [0.4, 0.5) is 13.2 Å². The Morgan fingerprint density at radius 2 is 2.00 bits per heavy atom. The number of pyridine rings is 1. The molecule has 0 spiro atoms. The van der Waals surface area contributed by atoms with Crippen LogP contribution in [-0.4, -0.2) is 62.5 Å². The third-order valence-electron chi connectivity index (χ3n) is 4.08. The van der Waals surface area contributed by atoms with Gasteiger partial charge in [-0.2, -0.15) is 17.5 Å². The molecule has 0 bridgehead atoms. The highest BCUT2D eigenvalue weighted by Gasteiger charge is 2.50. The van der Waals surface area contributed by atoms with Crippen molar-refractivity contribution in [2.24, 2.45) is 4.99 Å². The van der Waals surface area contributed by atoms with Gasteiger partial charge in [0.15, 0.2) is 5.96 Å². The molecule has 0 unspecified atom stereocenters. The molecule has 1 aliphatic rings. The molecule has 0 saturated carbocycles. The summed E-state index contributed by atoms with van der Waals surface area (Å²) in [5.41, 5.74) is -4.54. The quantitative estimate of drug-likeness (QED) is 0.338. The topological polar surface area (TPSA) is 95.9 Å². The lowest BCUT2D eigenvalue weighted by Gasteiger charge is -2.32. The molecule has 28 heavy (non-hydrogen) atoms. The standard InChI is InChI=1S/C15H22F3N5O3S.HI/c1-19-14(20-10-12-4-3-5-13(21-12)26-2)22-11-6-8-23(9-7-11)27(24,25)15(16,17)18;/h3-5,11H,6-10H2,1-2H3,(H2,19,20,22);1H. The second-order valence-electron chi connectivity index (χ2n) is 5.87. The van der Waals surface area contributed by atoms with Crippen LogP contribution in [0.25, 0.3) is 0 Å². The minimum Gasteiger partial charge on any atom is -0.481 e. The van der Waals surface area contributed by atoms with Crippen molar-refractivity contribution in [3.05, 3.63) is 23.9 Å². The van der Waals surface area contributed by atoms with E-state index in [-0.39, 0.29) is 55.9 Å². The molecule has 1 aliphatic heterocycles. The van der Waals surface area contributed by atoms with E-state index in [2.05, 4.69) is 20.6 Å². The number of nitrogens with zero attached hydrogens (tertiary/aromatic N) is 3. The van der Waals surface area contributed by atoms with Crippen LogP contribution in [0.15, 0.2) is 23.2 Å². The van der Waals surface area contributed by atoms with Crippen LogP contribution >= 0.6 is 24.0 Å². The van der Waals surface area contributed by atoms with Crippen molar-refractivity contribution < 1.29 is 26.3 Å². The maximum Gasteiger partial charge on any atom is 0.511 e. The van der Waals surface area contributed by atoms with Gasteiger partial charge in [-0.15, -0.1) is 24.0 Å². The number of rotatable bonds is 5. The zero-order valence-corrected chi connectivity index (χ0v) is 18.5. The Hall–Kier alpha value is -1.35. The van der Waals surface area contributed by atoms with Crippen LogP contribution in [0.2, 0.25) is 0 Å². The van der Waals surface area contributed by atoms with Gasteiger partial charge in [-0.1, -0.05) is 6.07 Å². The molecule has 1 aromatic rings. The van der Waals surface area contributed by atoms with Gasteiger partial charge in [0.25, 0.3) is 0 Å². The monoisotopic (exact) mass is 537 g/mol. The minimum atomic E-state index is -5.27. The third kappa shape index (κ3) is 6.34. The van der Waals surface area contributed by atoms with Crippen molar-refractivity contribution in [2.45, 2.75) is 30.9 Å². The van der Waals surface area contributed by atoms with Crippen LogP contribution < -0.4 is 15.4 Å². The number of halogens is 4. The van der Waals surface area contributed by atoms with E-state index < -0.39 is 15.5 Å². The number of sulfonamides is 1. The fourth-order valence-electron chi connectivity index (χ4n) is 2.62. The van der Waals surface area contributed by atoms with E-state index >= 15 is 0 Å². The van der Waals surface area contributed by atoms with Crippen LogP contribution in [0.5, 0.6) is 5.88 Å². The highest BCUT2D eigenvalue weighted by atomic mass is 127. The molecule has 1 fully saturated rings. The predicted molar refractivity (Wildman–Crippen MR) is 109 cm³/mol. The van der Waals surface area contributed by atoms with E-state index in [0.29, 0.717) is 22.7 Å². The Morgan fingerprint density at radius 1 is 1.36 bits per heavy atom. The van der Waals surface area contributed by atoms with Crippen molar-refractivity contribution >= 4 is 40.0 Å². The lowest BCUT2D eigenvalue weighted by Crippen LogP contribution is -2.51. The zero-order chi connectivity index (χ0) is 20.1. The van der Waals surface area contributed by atoms with Gasteiger partial charge < -0.3 is 15.4 Å². The molecule has 13 heteroatoms. The van der Waals surface area contributed by atoms with Gasteiger partial charge in [-0.25, -0.2) is 13.4 Å². The average molecular weight is 537 g/mol. The number of hydrogen-bond acceptors (Lipinski definition) is 5. The summed E-state index contributed by atoms with van der Waals surface area (Å²) in [6.45, 7) is -0.0277. The number of nitrogens with one attached hydrogen (secondary N) is 2. The summed E-state index contributed by atoms with van der Waals surface area (Å²) in [4.78, 5) is 8.33. The Kier molecular flexibility index (Phi) is 9.20.